The number of rotatable bonds is 8. The molecule has 3 aromatic carbocycles. The second-order valence-electron chi connectivity index (χ2n) is 8.23. The maximum Gasteiger partial charge on any atom is 0.251 e. The lowest BCUT2D eigenvalue weighted by Crippen LogP contribution is -2.40. The molecule has 2 N–H and O–H groups in total. The van der Waals surface area contributed by atoms with E-state index in [1.54, 1.807) is 37.4 Å². The van der Waals surface area contributed by atoms with Crippen LogP contribution in [0.15, 0.2) is 77.7 Å². The first-order chi connectivity index (χ1) is 16.9. The molecule has 4 rings (SSSR count). The molecule has 0 radical (unpaired) electrons. The molecule has 1 amide bonds. The smallest absolute Gasteiger partial charge is 0.251 e. The van der Waals surface area contributed by atoms with Crippen LogP contribution in [-0.4, -0.2) is 52.0 Å². The second-order valence-corrected chi connectivity index (χ2v) is 10.2. The lowest BCUT2D eigenvalue weighted by Gasteiger charge is -2.26. The summed E-state index contributed by atoms with van der Waals surface area (Å²) in [6.07, 6.45) is 0. The SMILES string of the molecule is COc1ccc(C)cc1NC(=O)[C@H](Nc1cccc(S(=O)(=O)N2CCOCC2)c1)c1ccccc1. The van der Waals surface area contributed by atoms with Crippen molar-refractivity contribution >= 4 is 27.3 Å². The number of amides is 1. The van der Waals surface area contributed by atoms with E-state index in [-0.39, 0.29) is 10.8 Å². The third-order valence-electron chi connectivity index (χ3n) is 5.76. The van der Waals surface area contributed by atoms with Gasteiger partial charge in [-0.2, -0.15) is 4.31 Å². The Morgan fingerprint density at radius 3 is 2.46 bits per heavy atom. The van der Waals surface area contributed by atoms with Gasteiger partial charge in [-0.1, -0.05) is 42.5 Å². The van der Waals surface area contributed by atoms with Gasteiger partial charge in [0, 0.05) is 18.8 Å². The molecular weight excluding hydrogens is 466 g/mol. The Kier molecular flexibility index (Phi) is 7.70. The van der Waals surface area contributed by atoms with Gasteiger partial charge in [0.25, 0.3) is 5.91 Å². The number of nitrogens with zero attached hydrogens (tertiary/aromatic N) is 1. The first-order valence-electron chi connectivity index (χ1n) is 11.3. The lowest BCUT2D eigenvalue weighted by molar-refractivity contribution is -0.117. The summed E-state index contributed by atoms with van der Waals surface area (Å²) < 4.78 is 38.3. The Hall–Kier alpha value is -3.40. The molecule has 1 fully saturated rings. The molecule has 1 aliphatic heterocycles. The largest absolute Gasteiger partial charge is 0.495 e. The van der Waals surface area contributed by atoms with Crippen molar-refractivity contribution in [2.75, 3.05) is 44.0 Å². The van der Waals surface area contributed by atoms with Gasteiger partial charge in [-0.15, -0.1) is 0 Å². The summed E-state index contributed by atoms with van der Waals surface area (Å²) in [6.45, 7) is 3.30. The Labute approximate surface area is 205 Å². The van der Waals surface area contributed by atoms with Crippen LogP contribution in [0.25, 0.3) is 0 Å². The number of hydrogen-bond acceptors (Lipinski definition) is 6. The monoisotopic (exact) mass is 495 g/mol. The minimum Gasteiger partial charge on any atom is -0.495 e. The Balaban J connectivity index is 1.62. The first-order valence-corrected chi connectivity index (χ1v) is 12.8. The minimum atomic E-state index is -3.67. The van der Waals surface area contributed by atoms with Crippen LogP contribution in [0.3, 0.4) is 0 Å². The fourth-order valence-corrected chi connectivity index (χ4v) is 5.37. The summed E-state index contributed by atoms with van der Waals surface area (Å²) in [6, 6.07) is 20.6. The molecule has 1 aliphatic rings. The van der Waals surface area contributed by atoms with E-state index in [1.165, 1.54) is 4.31 Å². The average Bonchev–Trinajstić information content (AvgIpc) is 2.88. The van der Waals surface area contributed by atoms with E-state index < -0.39 is 16.1 Å². The van der Waals surface area contributed by atoms with Crippen LogP contribution in [-0.2, 0) is 19.6 Å². The number of ether oxygens (including phenoxy) is 2. The van der Waals surface area contributed by atoms with E-state index in [0.29, 0.717) is 43.4 Å². The highest BCUT2D eigenvalue weighted by molar-refractivity contribution is 7.89. The number of nitrogens with one attached hydrogen (secondary N) is 2. The van der Waals surface area contributed by atoms with Gasteiger partial charge in [0.1, 0.15) is 11.8 Å². The molecule has 8 nitrogen and oxygen atoms in total. The van der Waals surface area contributed by atoms with Gasteiger partial charge in [-0.05, 0) is 48.4 Å². The summed E-state index contributed by atoms with van der Waals surface area (Å²) in [5, 5.41) is 6.17. The highest BCUT2D eigenvalue weighted by Gasteiger charge is 2.27. The number of carbonyl (C=O) groups is 1. The third-order valence-corrected chi connectivity index (χ3v) is 7.66. The summed E-state index contributed by atoms with van der Waals surface area (Å²) in [5.74, 6) is 0.246. The Morgan fingerprint density at radius 2 is 1.74 bits per heavy atom. The van der Waals surface area contributed by atoms with Crippen molar-refractivity contribution in [1.29, 1.82) is 0 Å². The molecule has 184 valence electrons. The fourth-order valence-electron chi connectivity index (χ4n) is 3.92. The van der Waals surface area contributed by atoms with Crippen molar-refractivity contribution in [3.8, 4) is 5.75 Å². The minimum absolute atomic E-state index is 0.164. The van der Waals surface area contributed by atoms with Crippen LogP contribution in [0, 0.1) is 6.92 Å². The Morgan fingerprint density at radius 1 is 1.00 bits per heavy atom. The van der Waals surface area contributed by atoms with E-state index in [2.05, 4.69) is 10.6 Å². The number of carbonyl (C=O) groups excluding carboxylic acids is 1. The van der Waals surface area contributed by atoms with Crippen LogP contribution in [0.1, 0.15) is 17.2 Å². The maximum absolute atomic E-state index is 13.5. The standard InChI is InChI=1S/C26H29N3O5S/c1-19-11-12-24(33-2)23(17-19)28-26(30)25(20-7-4-3-5-8-20)27-21-9-6-10-22(18-21)35(31,32)29-13-15-34-16-14-29/h3-12,17-18,25,27H,13-16H2,1-2H3,(H,28,30)/t25-/m1/s1. The van der Waals surface area contributed by atoms with Gasteiger partial charge in [0.15, 0.2) is 0 Å². The van der Waals surface area contributed by atoms with Crippen LogP contribution < -0.4 is 15.4 Å². The van der Waals surface area contributed by atoms with Crippen LogP contribution >= 0.6 is 0 Å². The van der Waals surface area contributed by atoms with Crippen molar-refractivity contribution in [2.24, 2.45) is 0 Å². The third kappa shape index (κ3) is 5.82. The molecule has 0 aromatic heterocycles. The van der Waals surface area contributed by atoms with Gasteiger partial charge < -0.3 is 20.1 Å². The molecule has 1 heterocycles. The predicted molar refractivity (Wildman–Crippen MR) is 135 cm³/mol. The number of hydrogen-bond donors (Lipinski definition) is 2. The quantitative estimate of drug-likeness (QED) is 0.493. The van der Waals surface area contributed by atoms with Gasteiger partial charge in [-0.3, -0.25) is 4.79 Å². The number of methoxy groups -OCH3 is 1. The van der Waals surface area contributed by atoms with Crippen molar-refractivity contribution in [1.82, 2.24) is 4.31 Å². The zero-order chi connectivity index (χ0) is 24.8. The molecule has 0 aliphatic carbocycles. The fraction of sp³-hybridized carbons (Fsp3) is 0.269. The molecule has 0 unspecified atom stereocenters. The normalized spacial score (nSPS) is 15.3. The Bertz CT molecular complexity index is 1280. The van der Waals surface area contributed by atoms with Gasteiger partial charge in [0.2, 0.25) is 10.0 Å². The van der Waals surface area contributed by atoms with E-state index in [0.717, 1.165) is 11.1 Å². The molecule has 1 atom stereocenters. The van der Waals surface area contributed by atoms with Crippen molar-refractivity contribution in [3.05, 3.63) is 83.9 Å². The predicted octanol–water partition coefficient (Wildman–Crippen LogP) is 3.82. The summed E-state index contributed by atoms with van der Waals surface area (Å²) in [5.41, 5.74) is 2.79. The molecule has 9 heteroatoms. The van der Waals surface area contributed by atoms with E-state index in [9.17, 15) is 13.2 Å². The number of aryl methyl sites for hydroxylation is 1. The number of anilines is 2. The topological polar surface area (TPSA) is 97.0 Å². The van der Waals surface area contributed by atoms with Crippen LogP contribution in [0.5, 0.6) is 5.75 Å². The highest BCUT2D eigenvalue weighted by Crippen LogP contribution is 2.29. The van der Waals surface area contributed by atoms with E-state index in [1.807, 2.05) is 49.4 Å². The number of morpholine rings is 1. The van der Waals surface area contributed by atoms with Gasteiger partial charge in [0.05, 0.1) is 30.9 Å². The number of sulfonamides is 1. The summed E-state index contributed by atoms with van der Waals surface area (Å²) >= 11 is 0. The van der Waals surface area contributed by atoms with Gasteiger partial charge in [-0.25, -0.2) is 8.42 Å². The van der Waals surface area contributed by atoms with Crippen molar-refractivity contribution < 1.29 is 22.7 Å². The van der Waals surface area contributed by atoms with Crippen molar-refractivity contribution in [3.63, 3.8) is 0 Å². The molecule has 0 saturated carbocycles. The molecule has 35 heavy (non-hydrogen) atoms. The van der Waals surface area contributed by atoms with E-state index >= 15 is 0 Å². The molecular formula is C26H29N3O5S. The summed E-state index contributed by atoms with van der Waals surface area (Å²) in [4.78, 5) is 13.6. The summed E-state index contributed by atoms with van der Waals surface area (Å²) in [7, 11) is -2.12. The number of benzene rings is 3. The highest BCUT2D eigenvalue weighted by atomic mass is 32.2. The average molecular weight is 496 g/mol. The van der Waals surface area contributed by atoms with Crippen LogP contribution in [0.4, 0.5) is 11.4 Å². The second kappa shape index (κ2) is 10.9. The van der Waals surface area contributed by atoms with E-state index in [4.69, 9.17) is 9.47 Å². The molecule has 0 spiro atoms. The van der Waals surface area contributed by atoms with Crippen LogP contribution in [0.2, 0.25) is 0 Å². The lowest BCUT2D eigenvalue weighted by atomic mass is 10.1. The molecule has 3 aromatic rings. The maximum atomic E-state index is 13.5. The molecule has 0 bridgehead atoms. The van der Waals surface area contributed by atoms with Gasteiger partial charge >= 0.3 is 0 Å². The first kappa shape index (κ1) is 24.7. The zero-order valence-electron chi connectivity index (χ0n) is 19.7. The van der Waals surface area contributed by atoms with Crippen molar-refractivity contribution in [2.45, 2.75) is 17.9 Å². The molecule has 1 saturated heterocycles. The zero-order valence-corrected chi connectivity index (χ0v) is 20.5.